The number of rotatable bonds is 8. The van der Waals surface area contributed by atoms with Gasteiger partial charge in [-0.25, -0.2) is 0 Å². The molecule has 0 saturated heterocycles. The third-order valence-corrected chi connectivity index (χ3v) is 4.09. The Morgan fingerprint density at radius 3 is 2.81 bits per heavy atom. The van der Waals surface area contributed by atoms with E-state index >= 15 is 0 Å². The predicted molar refractivity (Wildman–Crippen MR) is 87.2 cm³/mol. The van der Waals surface area contributed by atoms with Crippen LogP contribution in [-0.4, -0.2) is 18.8 Å². The van der Waals surface area contributed by atoms with Crippen LogP contribution >= 0.6 is 0 Å². The molecule has 0 fully saturated rings. The minimum absolute atomic E-state index is 0.279. The summed E-state index contributed by atoms with van der Waals surface area (Å²) in [4.78, 5) is 0. The van der Waals surface area contributed by atoms with Crippen LogP contribution in [0.15, 0.2) is 12.1 Å². The van der Waals surface area contributed by atoms with Gasteiger partial charge in [0.15, 0.2) is 0 Å². The summed E-state index contributed by atoms with van der Waals surface area (Å²) in [5.74, 6) is 2.04. The van der Waals surface area contributed by atoms with Crippen LogP contribution in [0.4, 0.5) is 0 Å². The van der Waals surface area contributed by atoms with E-state index in [0.29, 0.717) is 12.6 Å². The van der Waals surface area contributed by atoms with Crippen LogP contribution in [0.1, 0.15) is 58.1 Å². The quantitative estimate of drug-likeness (QED) is 0.783. The lowest BCUT2D eigenvalue weighted by Gasteiger charge is -2.18. The summed E-state index contributed by atoms with van der Waals surface area (Å²) < 4.78 is 11.7. The van der Waals surface area contributed by atoms with Crippen LogP contribution in [0.3, 0.4) is 0 Å². The van der Waals surface area contributed by atoms with Crippen LogP contribution in [-0.2, 0) is 13.0 Å². The Bertz CT molecular complexity index is 459. The second kappa shape index (κ2) is 7.69. The second-order valence-corrected chi connectivity index (χ2v) is 5.91. The molecule has 2 atom stereocenters. The van der Waals surface area contributed by atoms with Gasteiger partial charge in [-0.05, 0) is 38.8 Å². The smallest absolute Gasteiger partial charge is 0.124 e. The van der Waals surface area contributed by atoms with E-state index in [1.165, 1.54) is 24.0 Å². The van der Waals surface area contributed by atoms with Crippen LogP contribution in [0.25, 0.3) is 0 Å². The lowest BCUT2D eigenvalue weighted by Crippen LogP contribution is -2.27. The van der Waals surface area contributed by atoms with Crippen molar-refractivity contribution in [3.63, 3.8) is 0 Å². The van der Waals surface area contributed by atoms with E-state index in [0.717, 1.165) is 30.9 Å². The molecule has 1 aliphatic heterocycles. The fourth-order valence-electron chi connectivity index (χ4n) is 2.96. The Labute approximate surface area is 129 Å². The van der Waals surface area contributed by atoms with Gasteiger partial charge in [0.2, 0.25) is 0 Å². The third-order valence-electron chi connectivity index (χ3n) is 4.09. The molecule has 21 heavy (non-hydrogen) atoms. The van der Waals surface area contributed by atoms with E-state index in [1.807, 2.05) is 6.92 Å². The summed E-state index contributed by atoms with van der Waals surface area (Å²) in [5, 5.41) is 3.65. The molecule has 1 N–H and O–H groups in total. The molecule has 0 radical (unpaired) electrons. The first-order chi connectivity index (χ1) is 10.2. The van der Waals surface area contributed by atoms with Gasteiger partial charge in [-0.15, -0.1) is 0 Å². The van der Waals surface area contributed by atoms with Crippen LogP contribution in [0.2, 0.25) is 0 Å². The van der Waals surface area contributed by atoms with Crippen LogP contribution in [0.5, 0.6) is 11.5 Å². The maximum absolute atomic E-state index is 5.88. The van der Waals surface area contributed by atoms with Gasteiger partial charge >= 0.3 is 0 Å². The van der Waals surface area contributed by atoms with Crippen molar-refractivity contribution in [2.24, 2.45) is 0 Å². The van der Waals surface area contributed by atoms with E-state index < -0.39 is 0 Å². The Morgan fingerprint density at radius 1 is 1.33 bits per heavy atom. The van der Waals surface area contributed by atoms with Gasteiger partial charge in [-0.2, -0.15) is 0 Å². The molecule has 1 heterocycles. The molecule has 0 spiro atoms. The average molecular weight is 291 g/mol. The van der Waals surface area contributed by atoms with Crippen molar-refractivity contribution in [1.29, 1.82) is 0 Å². The summed E-state index contributed by atoms with van der Waals surface area (Å²) in [7, 11) is 0. The van der Waals surface area contributed by atoms with Crippen molar-refractivity contribution < 1.29 is 9.47 Å². The van der Waals surface area contributed by atoms with Crippen molar-refractivity contribution in [3.8, 4) is 11.5 Å². The van der Waals surface area contributed by atoms with Crippen molar-refractivity contribution >= 4 is 0 Å². The fourth-order valence-corrected chi connectivity index (χ4v) is 2.96. The van der Waals surface area contributed by atoms with Gasteiger partial charge in [0.05, 0.1) is 6.61 Å². The molecule has 0 amide bonds. The summed E-state index contributed by atoms with van der Waals surface area (Å²) >= 11 is 0. The second-order valence-electron chi connectivity index (χ2n) is 5.91. The van der Waals surface area contributed by atoms with Crippen molar-refractivity contribution in [2.45, 2.75) is 72.1 Å². The molecule has 2 rings (SSSR count). The van der Waals surface area contributed by atoms with E-state index in [1.54, 1.807) is 0 Å². The Balaban J connectivity index is 2.12. The molecule has 1 aromatic carbocycles. The molecule has 0 aromatic heterocycles. The highest BCUT2D eigenvalue weighted by Gasteiger charge is 2.22. The Kier molecular flexibility index (Phi) is 5.92. The number of hydrogen-bond donors (Lipinski definition) is 1. The zero-order valence-corrected chi connectivity index (χ0v) is 13.9. The highest BCUT2D eigenvalue weighted by molar-refractivity contribution is 5.48. The van der Waals surface area contributed by atoms with Gasteiger partial charge < -0.3 is 14.8 Å². The summed E-state index contributed by atoms with van der Waals surface area (Å²) in [5.41, 5.74) is 2.48. The number of nitrogens with one attached hydrogen (secondary N) is 1. The molecule has 0 bridgehead atoms. The number of hydrogen-bond acceptors (Lipinski definition) is 3. The standard InChI is InChI=1S/C18H29NO2/c1-5-8-16(6-2)19-12-15-11-18-14(9-13(4)21-18)10-17(15)20-7-3/h10-11,13,16,19H,5-9,12H2,1-4H3. The van der Waals surface area contributed by atoms with E-state index in [9.17, 15) is 0 Å². The molecule has 0 saturated carbocycles. The lowest BCUT2D eigenvalue weighted by atomic mass is 10.0. The molecule has 3 heteroatoms. The molecule has 3 nitrogen and oxygen atoms in total. The van der Waals surface area contributed by atoms with Crippen LogP contribution < -0.4 is 14.8 Å². The highest BCUT2D eigenvalue weighted by atomic mass is 16.5. The molecule has 1 aromatic rings. The SMILES string of the molecule is CCCC(CC)NCc1cc2c(cc1OCC)CC(C)O2. The molecule has 2 unspecified atom stereocenters. The lowest BCUT2D eigenvalue weighted by molar-refractivity contribution is 0.254. The molecule has 118 valence electrons. The summed E-state index contributed by atoms with van der Waals surface area (Å²) in [6.45, 7) is 10.2. The zero-order valence-electron chi connectivity index (χ0n) is 13.9. The van der Waals surface area contributed by atoms with E-state index in [-0.39, 0.29) is 6.10 Å². The molecule has 0 aliphatic carbocycles. The maximum Gasteiger partial charge on any atom is 0.124 e. The Hall–Kier alpha value is -1.22. The average Bonchev–Trinajstić information content (AvgIpc) is 2.82. The Morgan fingerprint density at radius 2 is 2.14 bits per heavy atom. The third kappa shape index (κ3) is 4.13. The number of ether oxygens (including phenoxy) is 2. The maximum atomic E-state index is 5.88. The topological polar surface area (TPSA) is 30.5 Å². The fraction of sp³-hybridized carbons (Fsp3) is 0.667. The highest BCUT2D eigenvalue weighted by Crippen LogP contribution is 2.35. The van der Waals surface area contributed by atoms with Crippen molar-refractivity contribution in [2.75, 3.05) is 6.61 Å². The molecule has 1 aliphatic rings. The first-order valence-corrected chi connectivity index (χ1v) is 8.36. The number of fused-ring (bicyclic) bond motifs is 1. The van der Waals surface area contributed by atoms with Gasteiger partial charge in [0.1, 0.15) is 17.6 Å². The summed E-state index contributed by atoms with van der Waals surface area (Å²) in [6, 6.07) is 4.91. The zero-order chi connectivity index (χ0) is 15.2. The number of benzene rings is 1. The molecular formula is C18H29NO2. The minimum atomic E-state index is 0.279. The monoisotopic (exact) mass is 291 g/mol. The van der Waals surface area contributed by atoms with Gasteiger partial charge in [-0.1, -0.05) is 20.3 Å². The first-order valence-electron chi connectivity index (χ1n) is 8.36. The van der Waals surface area contributed by atoms with Gasteiger partial charge in [0, 0.05) is 30.1 Å². The van der Waals surface area contributed by atoms with Crippen molar-refractivity contribution in [1.82, 2.24) is 5.32 Å². The van der Waals surface area contributed by atoms with Crippen molar-refractivity contribution in [3.05, 3.63) is 23.3 Å². The predicted octanol–water partition coefficient (Wildman–Crippen LogP) is 4.08. The van der Waals surface area contributed by atoms with E-state index in [2.05, 4.69) is 38.2 Å². The summed E-state index contributed by atoms with van der Waals surface area (Å²) in [6.07, 6.45) is 4.86. The largest absolute Gasteiger partial charge is 0.494 e. The normalized spacial score (nSPS) is 18.2. The molecular weight excluding hydrogens is 262 g/mol. The van der Waals surface area contributed by atoms with Crippen LogP contribution in [0, 0.1) is 0 Å². The van der Waals surface area contributed by atoms with E-state index in [4.69, 9.17) is 9.47 Å². The minimum Gasteiger partial charge on any atom is -0.494 e. The first kappa shape index (κ1) is 16.2. The van der Waals surface area contributed by atoms with Gasteiger partial charge in [-0.3, -0.25) is 0 Å². The van der Waals surface area contributed by atoms with Gasteiger partial charge in [0.25, 0.3) is 0 Å².